The van der Waals surface area contributed by atoms with Crippen molar-refractivity contribution in [2.24, 2.45) is 0 Å². The van der Waals surface area contributed by atoms with Gasteiger partial charge in [-0.05, 0) is 28.1 Å². The molecule has 4 heteroatoms. The first-order valence-corrected chi connectivity index (χ1v) is 4.98. The van der Waals surface area contributed by atoms with Gasteiger partial charge in [0.25, 0.3) is 5.91 Å². The number of nitrogens with zero attached hydrogens (tertiary/aromatic N) is 1. The molecule has 1 aromatic rings. The monoisotopic (exact) mass is 257 g/mol. The number of carbonyl (C=O) groups is 1. The van der Waals surface area contributed by atoms with Gasteiger partial charge in [-0.1, -0.05) is 12.1 Å². The maximum atomic E-state index is 11.2. The lowest BCUT2D eigenvalue weighted by molar-refractivity contribution is -0.130. The molecule has 1 rings (SSSR count). The van der Waals surface area contributed by atoms with Crippen molar-refractivity contribution in [2.75, 3.05) is 20.7 Å². The summed E-state index contributed by atoms with van der Waals surface area (Å²) in [5.41, 5.74) is 0. The second kappa shape index (κ2) is 5.00. The lowest BCUT2D eigenvalue weighted by Gasteiger charge is -2.11. The van der Waals surface area contributed by atoms with Crippen molar-refractivity contribution in [1.29, 1.82) is 0 Å². The van der Waals surface area contributed by atoms with Crippen molar-refractivity contribution in [3.05, 3.63) is 28.7 Å². The zero-order valence-electron chi connectivity index (χ0n) is 8.16. The highest BCUT2D eigenvalue weighted by Gasteiger charge is 2.06. The Kier molecular flexibility index (Phi) is 3.95. The van der Waals surface area contributed by atoms with E-state index in [0.717, 1.165) is 4.47 Å². The number of amides is 1. The first-order chi connectivity index (χ1) is 6.61. The molecule has 0 aliphatic heterocycles. The summed E-state index contributed by atoms with van der Waals surface area (Å²) in [5.74, 6) is 0.628. The van der Waals surface area contributed by atoms with Crippen LogP contribution in [0.25, 0.3) is 0 Å². The molecule has 0 atom stereocenters. The highest BCUT2D eigenvalue weighted by molar-refractivity contribution is 9.10. The van der Waals surface area contributed by atoms with Gasteiger partial charge in [0.15, 0.2) is 6.61 Å². The number of hydrogen-bond donors (Lipinski definition) is 0. The molecule has 0 aromatic heterocycles. The molecule has 3 nitrogen and oxygen atoms in total. The summed E-state index contributed by atoms with van der Waals surface area (Å²) in [6, 6.07) is 7.44. The van der Waals surface area contributed by atoms with Gasteiger partial charge in [-0.3, -0.25) is 4.79 Å². The van der Waals surface area contributed by atoms with E-state index in [0.29, 0.717) is 5.75 Å². The summed E-state index contributed by atoms with van der Waals surface area (Å²) in [6.07, 6.45) is 0. The number of likely N-dealkylation sites (N-methyl/N-ethyl adjacent to an activating group) is 1. The second-order valence-corrected chi connectivity index (χ2v) is 3.86. The summed E-state index contributed by atoms with van der Waals surface area (Å²) in [7, 11) is 3.40. The molecule has 0 saturated heterocycles. The van der Waals surface area contributed by atoms with E-state index in [1.165, 1.54) is 4.90 Å². The van der Waals surface area contributed by atoms with Crippen molar-refractivity contribution >= 4 is 21.8 Å². The highest BCUT2D eigenvalue weighted by Crippen LogP contribution is 2.23. The number of para-hydroxylation sites is 1. The molecule has 0 heterocycles. The molecule has 0 fully saturated rings. The Morgan fingerprint density at radius 2 is 2.07 bits per heavy atom. The molecule has 0 aliphatic rings. The van der Waals surface area contributed by atoms with Gasteiger partial charge in [-0.15, -0.1) is 0 Å². The van der Waals surface area contributed by atoms with Crippen LogP contribution in [0.1, 0.15) is 0 Å². The van der Waals surface area contributed by atoms with Gasteiger partial charge in [0, 0.05) is 14.1 Å². The lowest BCUT2D eigenvalue weighted by atomic mass is 10.3. The molecule has 0 aliphatic carbocycles. The molecule has 1 aromatic carbocycles. The third-order valence-electron chi connectivity index (χ3n) is 1.69. The molecule has 0 bridgehead atoms. The maximum absolute atomic E-state index is 11.2. The van der Waals surface area contributed by atoms with Gasteiger partial charge in [0.05, 0.1) is 4.47 Å². The predicted octanol–water partition coefficient (Wildman–Crippen LogP) is 1.92. The molecular formula is C10H12BrNO2. The fourth-order valence-corrected chi connectivity index (χ4v) is 1.23. The third kappa shape index (κ3) is 3.03. The van der Waals surface area contributed by atoms with E-state index in [4.69, 9.17) is 4.74 Å². The van der Waals surface area contributed by atoms with Crippen LogP contribution < -0.4 is 4.74 Å². The Labute approximate surface area is 91.8 Å². The van der Waals surface area contributed by atoms with Crippen LogP contribution in [0.5, 0.6) is 5.75 Å². The molecule has 0 radical (unpaired) electrons. The number of rotatable bonds is 3. The second-order valence-electron chi connectivity index (χ2n) is 3.01. The van der Waals surface area contributed by atoms with Crippen molar-refractivity contribution in [3.8, 4) is 5.75 Å². The Morgan fingerprint density at radius 3 is 2.64 bits per heavy atom. The molecule has 1 amide bonds. The van der Waals surface area contributed by atoms with Crippen molar-refractivity contribution in [2.45, 2.75) is 0 Å². The number of benzene rings is 1. The van der Waals surface area contributed by atoms with Gasteiger partial charge in [-0.2, -0.15) is 0 Å². The minimum atomic E-state index is -0.0549. The smallest absolute Gasteiger partial charge is 0.259 e. The van der Waals surface area contributed by atoms with Crippen LogP contribution >= 0.6 is 15.9 Å². The van der Waals surface area contributed by atoms with Crippen LogP contribution in [-0.2, 0) is 4.79 Å². The van der Waals surface area contributed by atoms with E-state index in [9.17, 15) is 4.79 Å². The zero-order valence-corrected chi connectivity index (χ0v) is 9.74. The lowest BCUT2D eigenvalue weighted by Crippen LogP contribution is -2.27. The minimum Gasteiger partial charge on any atom is -0.483 e. The first-order valence-electron chi connectivity index (χ1n) is 4.18. The number of carbonyl (C=O) groups excluding carboxylic acids is 1. The van der Waals surface area contributed by atoms with E-state index < -0.39 is 0 Å². The van der Waals surface area contributed by atoms with Crippen LogP contribution in [0.15, 0.2) is 28.7 Å². The first kappa shape index (κ1) is 11.0. The van der Waals surface area contributed by atoms with Gasteiger partial charge in [0.1, 0.15) is 5.75 Å². The Morgan fingerprint density at radius 1 is 1.43 bits per heavy atom. The zero-order chi connectivity index (χ0) is 10.6. The highest BCUT2D eigenvalue weighted by atomic mass is 79.9. The van der Waals surface area contributed by atoms with Crippen LogP contribution in [0.3, 0.4) is 0 Å². The maximum Gasteiger partial charge on any atom is 0.259 e. The van der Waals surface area contributed by atoms with Gasteiger partial charge in [-0.25, -0.2) is 0 Å². The van der Waals surface area contributed by atoms with Crippen LogP contribution in [0.2, 0.25) is 0 Å². The Hall–Kier alpha value is -1.03. The van der Waals surface area contributed by atoms with E-state index in [1.54, 1.807) is 14.1 Å². The van der Waals surface area contributed by atoms with E-state index in [-0.39, 0.29) is 12.5 Å². The predicted molar refractivity (Wildman–Crippen MR) is 58.3 cm³/mol. The normalized spacial score (nSPS) is 9.64. The largest absolute Gasteiger partial charge is 0.483 e. The fraction of sp³-hybridized carbons (Fsp3) is 0.300. The average molecular weight is 258 g/mol. The van der Waals surface area contributed by atoms with Crippen LogP contribution in [0.4, 0.5) is 0 Å². The molecule has 0 spiro atoms. The minimum absolute atomic E-state index is 0.0549. The molecular weight excluding hydrogens is 246 g/mol. The third-order valence-corrected chi connectivity index (χ3v) is 2.34. The molecule has 0 N–H and O–H groups in total. The van der Waals surface area contributed by atoms with E-state index in [1.807, 2.05) is 24.3 Å². The van der Waals surface area contributed by atoms with Gasteiger partial charge in [0.2, 0.25) is 0 Å². The molecule has 0 unspecified atom stereocenters. The van der Waals surface area contributed by atoms with Crippen molar-refractivity contribution in [3.63, 3.8) is 0 Å². The quantitative estimate of drug-likeness (QED) is 0.828. The Bertz CT molecular complexity index is 326. The number of hydrogen-bond acceptors (Lipinski definition) is 2. The molecule has 0 saturated carbocycles. The number of ether oxygens (including phenoxy) is 1. The summed E-state index contributed by atoms with van der Waals surface area (Å²) in [4.78, 5) is 12.7. The SMILES string of the molecule is CN(C)C(=O)COc1ccccc1Br. The van der Waals surface area contributed by atoms with Crippen molar-refractivity contribution < 1.29 is 9.53 Å². The van der Waals surface area contributed by atoms with Gasteiger partial charge >= 0.3 is 0 Å². The molecule has 76 valence electrons. The van der Waals surface area contributed by atoms with E-state index >= 15 is 0 Å². The van der Waals surface area contributed by atoms with Crippen LogP contribution in [0, 0.1) is 0 Å². The number of halogens is 1. The van der Waals surface area contributed by atoms with Crippen LogP contribution in [-0.4, -0.2) is 31.5 Å². The summed E-state index contributed by atoms with van der Waals surface area (Å²) >= 11 is 3.33. The standard InChI is InChI=1S/C10H12BrNO2/c1-12(2)10(13)7-14-9-6-4-3-5-8(9)11/h3-6H,7H2,1-2H3. The summed E-state index contributed by atoms with van der Waals surface area (Å²) < 4.78 is 6.18. The summed E-state index contributed by atoms with van der Waals surface area (Å²) in [5, 5.41) is 0. The summed E-state index contributed by atoms with van der Waals surface area (Å²) in [6.45, 7) is 0.0651. The Balaban J connectivity index is 2.54. The van der Waals surface area contributed by atoms with Gasteiger partial charge < -0.3 is 9.64 Å². The topological polar surface area (TPSA) is 29.5 Å². The van der Waals surface area contributed by atoms with Crippen molar-refractivity contribution in [1.82, 2.24) is 4.90 Å². The average Bonchev–Trinajstić information content (AvgIpc) is 2.16. The molecule has 14 heavy (non-hydrogen) atoms. The van der Waals surface area contributed by atoms with E-state index in [2.05, 4.69) is 15.9 Å². The fourth-order valence-electron chi connectivity index (χ4n) is 0.830.